The highest BCUT2D eigenvalue weighted by molar-refractivity contribution is 5.50. The van der Waals surface area contributed by atoms with Crippen molar-refractivity contribution in [2.75, 3.05) is 18.5 Å². The Morgan fingerprint density at radius 2 is 1.95 bits per heavy atom. The standard InChI is InChI=1S/C16H26N4/c1-20(15-9-5-2-6-12(15)10-17)16-13-7-3-4-8-14(13)18-11-19-16/h11-12,15H,2-10,17H2,1H3. The van der Waals surface area contributed by atoms with E-state index in [0.29, 0.717) is 12.0 Å². The first kappa shape index (κ1) is 13.8. The summed E-state index contributed by atoms with van der Waals surface area (Å²) < 4.78 is 0. The van der Waals surface area contributed by atoms with Gasteiger partial charge in [-0.25, -0.2) is 9.97 Å². The van der Waals surface area contributed by atoms with E-state index in [0.717, 1.165) is 19.4 Å². The van der Waals surface area contributed by atoms with Crippen LogP contribution in [0.25, 0.3) is 0 Å². The summed E-state index contributed by atoms with van der Waals surface area (Å²) >= 11 is 0. The third kappa shape index (κ3) is 2.53. The lowest BCUT2D eigenvalue weighted by Crippen LogP contribution is -2.44. The van der Waals surface area contributed by atoms with Gasteiger partial charge in [0.15, 0.2) is 0 Å². The fourth-order valence-electron chi connectivity index (χ4n) is 3.94. The van der Waals surface area contributed by atoms with Crippen molar-refractivity contribution in [3.63, 3.8) is 0 Å². The molecule has 1 aromatic heterocycles. The maximum absolute atomic E-state index is 5.99. The minimum absolute atomic E-state index is 0.551. The van der Waals surface area contributed by atoms with Gasteiger partial charge in [0.25, 0.3) is 0 Å². The minimum atomic E-state index is 0.551. The smallest absolute Gasteiger partial charge is 0.135 e. The Morgan fingerprint density at radius 1 is 1.15 bits per heavy atom. The van der Waals surface area contributed by atoms with E-state index in [1.807, 2.05) is 0 Å². The van der Waals surface area contributed by atoms with Crippen molar-refractivity contribution < 1.29 is 0 Å². The third-order valence-corrected chi connectivity index (χ3v) is 5.11. The number of aromatic nitrogens is 2. The van der Waals surface area contributed by atoms with Gasteiger partial charge in [-0.1, -0.05) is 12.8 Å². The van der Waals surface area contributed by atoms with E-state index in [1.165, 1.54) is 55.6 Å². The van der Waals surface area contributed by atoms with E-state index >= 15 is 0 Å². The Hall–Kier alpha value is -1.16. The molecule has 20 heavy (non-hydrogen) atoms. The van der Waals surface area contributed by atoms with Crippen LogP contribution in [0.3, 0.4) is 0 Å². The molecular weight excluding hydrogens is 248 g/mol. The second-order valence-electron chi connectivity index (χ2n) is 6.29. The van der Waals surface area contributed by atoms with Crippen LogP contribution in [-0.4, -0.2) is 29.6 Å². The van der Waals surface area contributed by atoms with Crippen molar-refractivity contribution in [2.24, 2.45) is 11.7 Å². The Balaban J connectivity index is 1.88. The Labute approximate surface area is 121 Å². The Morgan fingerprint density at radius 3 is 2.80 bits per heavy atom. The van der Waals surface area contributed by atoms with E-state index < -0.39 is 0 Å². The monoisotopic (exact) mass is 274 g/mol. The zero-order valence-corrected chi connectivity index (χ0v) is 12.5. The maximum Gasteiger partial charge on any atom is 0.135 e. The number of nitrogens with zero attached hydrogens (tertiary/aromatic N) is 3. The summed E-state index contributed by atoms with van der Waals surface area (Å²) in [5.74, 6) is 1.78. The van der Waals surface area contributed by atoms with Crippen LogP contribution in [0.2, 0.25) is 0 Å². The average Bonchev–Trinajstić information content (AvgIpc) is 2.53. The molecule has 2 N–H and O–H groups in total. The molecule has 1 saturated carbocycles. The third-order valence-electron chi connectivity index (χ3n) is 5.11. The van der Waals surface area contributed by atoms with Crippen molar-refractivity contribution >= 4 is 5.82 Å². The molecule has 2 unspecified atom stereocenters. The van der Waals surface area contributed by atoms with Crippen LogP contribution >= 0.6 is 0 Å². The molecule has 2 atom stereocenters. The molecule has 110 valence electrons. The fourth-order valence-corrected chi connectivity index (χ4v) is 3.94. The van der Waals surface area contributed by atoms with Crippen molar-refractivity contribution in [1.29, 1.82) is 0 Å². The van der Waals surface area contributed by atoms with Crippen LogP contribution in [0.4, 0.5) is 5.82 Å². The zero-order chi connectivity index (χ0) is 13.9. The van der Waals surface area contributed by atoms with Gasteiger partial charge in [-0.3, -0.25) is 0 Å². The summed E-state index contributed by atoms with van der Waals surface area (Å²) in [4.78, 5) is 11.5. The summed E-state index contributed by atoms with van der Waals surface area (Å²) in [6, 6.07) is 0.551. The number of anilines is 1. The lowest BCUT2D eigenvalue weighted by atomic mass is 9.83. The maximum atomic E-state index is 5.99. The van der Waals surface area contributed by atoms with Crippen LogP contribution in [0.5, 0.6) is 0 Å². The minimum Gasteiger partial charge on any atom is -0.356 e. The molecule has 0 spiro atoms. The van der Waals surface area contributed by atoms with Crippen LogP contribution in [0.15, 0.2) is 6.33 Å². The van der Waals surface area contributed by atoms with Gasteiger partial charge in [0.2, 0.25) is 0 Å². The number of nitrogens with two attached hydrogens (primary N) is 1. The summed E-state index contributed by atoms with van der Waals surface area (Å²) in [6.45, 7) is 0.794. The average molecular weight is 274 g/mol. The van der Waals surface area contributed by atoms with Crippen LogP contribution in [-0.2, 0) is 12.8 Å². The summed E-state index contributed by atoms with van der Waals surface area (Å²) in [5, 5.41) is 0. The molecule has 2 aliphatic carbocycles. The topological polar surface area (TPSA) is 55.0 Å². The van der Waals surface area contributed by atoms with Gasteiger partial charge >= 0.3 is 0 Å². The molecule has 0 radical (unpaired) electrons. The molecule has 0 bridgehead atoms. The lowest BCUT2D eigenvalue weighted by Gasteiger charge is -2.39. The molecule has 0 aliphatic heterocycles. The van der Waals surface area contributed by atoms with Crippen molar-refractivity contribution in [2.45, 2.75) is 57.4 Å². The highest BCUT2D eigenvalue weighted by Crippen LogP contribution is 2.33. The molecule has 4 nitrogen and oxygen atoms in total. The molecule has 1 heterocycles. The number of fused-ring (bicyclic) bond motifs is 1. The SMILES string of the molecule is CN(c1ncnc2c1CCCC2)C1CCCCC1CN. The highest BCUT2D eigenvalue weighted by atomic mass is 15.2. The molecule has 4 heteroatoms. The van der Waals surface area contributed by atoms with E-state index in [-0.39, 0.29) is 0 Å². The number of hydrogen-bond acceptors (Lipinski definition) is 4. The van der Waals surface area contributed by atoms with E-state index in [1.54, 1.807) is 6.33 Å². The molecule has 3 rings (SSSR count). The first-order valence-corrected chi connectivity index (χ1v) is 8.07. The second-order valence-corrected chi connectivity index (χ2v) is 6.29. The van der Waals surface area contributed by atoms with Gasteiger partial charge in [0.05, 0.1) is 0 Å². The van der Waals surface area contributed by atoms with Gasteiger partial charge < -0.3 is 10.6 Å². The van der Waals surface area contributed by atoms with Crippen molar-refractivity contribution in [1.82, 2.24) is 9.97 Å². The van der Waals surface area contributed by atoms with Gasteiger partial charge in [0, 0.05) is 24.3 Å². The van der Waals surface area contributed by atoms with E-state index in [4.69, 9.17) is 5.73 Å². The molecule has 1 fully saturated rings. The number of hydrogen-bond donors (Lipinski definition) is 1. The quantitative estimate of drug-likeness (QED) is 0.919. The first-order valence-electron chi connectivity index (χ1n) is 8.07. The van der Waals surface area contributed by atoms with Crippen molar-refractivity contribution in [3.8, 4) is 0 Å². The highest BCUT2D eigenvalue weighted by Gasteiger charge is 2.30. The predicted molar refractivity (Wildman–Crippen MR) is 81.9 cm³/mol. The fraction of sp³-hybridized carbons (Fsp3) is 0.750. The Bertz CT molecular complexity index is 460. The molecule has 0 amide bonds. The molecule has 1 aromatic rings. The van der Waals surface area contributed by atoms with Gasteiger partial charge in [-0.2, -0.15) is 0 Å². The van der Waals surface area contributed by atoms with E-state index in [9.17, 15) is 0 Å². The molecule has 0 aromatic carbocycles. The second kappa shape index (κ2) is 6.08. The normalized spacial score (nSPS) is 26.1. The van der Waals surface area contributed by atoms with Crippen LogP contribution < -0.4 is 10.6 Å². The van der Waals surface area contributed by atoms with Crippen molar-refractivity contribution in [3.05, 3.63) is 17.6 Å². The van der Waals surface area contributed by atoms with Gasteiger partial charge in [-0.15, -0.1) is 0 Å². The van der Waals surface area contributed by atoms with Gasteiger partial charge in [0.1, 0.15) is 12.1 Å². The Kier molecular flexibility index (Phi) is 4.20. The van der Waals surface area contributed by atoms with Crippen LogP contribution in [0, 0.1) is 5.92 Å². The lowest BCUT2D eigenvalue weighted by molar-refractivity contribution is 0.305. The summed E-state index contributed by atoms with van der Waals surface area (Å²) in [7, 11) is 2.20. The zero-order valence-electron chi connectivity index (χ0n) is 12.5. The number of aryl methyl sites for hydroxylation is 1. The predicted octanol–water partition coefficient (Wildman–Crippen LogP) is 2.31. The van der Waals surface area contributed by atoms with Gasteiger partial charge in [-0.05, 0) is 51.0 Å². The molecular formula is C16H26N4. The molecule has 2 aliphatic rings. The summed E-state index contributed by atoms with van der Waals surface area (Å²) in [5.41, 5.74) is 8.65. The number of rotatable bonds is 3. The molecule has 0 saturated heterocycles. The summed E-state index contributed by atoms with van der Waals surface area (Å²) in [6.07, 6.45) is 11.7. The largest absolute Gasteiger partial charge is 0.356 e. The van der Waals surface area contributed by atoms with Crippen LogP contribution in [0.1, 0.15) is 49.8 Å². The first-order chi connectivity index (χ1) is 9.81. The van der Waals surface area contributed by atoms with E-state index in [2.05, 4.69) is 21.9 Å².